The molecule has 1 unspecified atom stereocenters. The number of aryl methyl sites for hydroxylation is 1. The summed E-state index contributed by atoms with van der Waals surface area (Å²) in [6.07, 6.45) is 5.02. The topological polar surface area (TPSA) is 29.9 Å². The molecule has 0 aromatic carbocycles. The first-order valence-electron chi connectivity index (χ1n) is 4.88. The molecule has 0 aliphatic rings. The highest BCUT2D eigenvalue weighted by Gasteiger charge is 2.10. The smallest absolute Gasteiger partial charge is 0.0728 e. The van der Waals surface area contributed by atoms with Crippen molar-refractivity contribution >= 4 is 5.69 Å². The van der Waals surface area contributed by atoms with Crippen molar-refractivity contribution in [2.75, 3.05) is 5.32 Å². The van der Waals surface area contributed by atoms with Crippen molar-refractivity contribution in [3.8, 4) is 0 Å². The second-order valence-corrected chi connectivity index (χ2v) is 3.81. The number of hydrogen-bond acceptors (Lipinski definition) is 2. The Balaban J connectivity index is 2.56. The van der Waals surface area contributed by atoms with Crippen molar-refractivity contribution in [1.29, 1.82) is 0 Å². The molecule has 0 bridgehead atoms. The Morgan fingerprint density at radius 2 is 2.23 bits per heavy atom. The highest BCUT2D eigenvalue weighted by Crippen LogP contribution is 2.13. The summed E-state index contributed by atoms with van der Waals surface area (Å²) in [4.78, 5) is 0. The minimum Gasteiger partial charge on any atom is -0.380 e. The van der Waals surface area contributed by atoms with E-state index in [4.69, 9.17) is 0 Å². The van der Waals surface area contributed by atoms with Gasteiger partial charge in [0.2, 0.25) is 0 Å². The maximum absolute atomic E-state index is 4.12. The average Bonchev–Trinajstić information content (AvgIpc) is 2.46. The summed E-state index contributed by atoms with van der Waals surface area (Å²) in [7, 11) is 1.93. The minimum absolute atomic E-state index is 0.546. The van der Waals surface area contributed by atoms with Gasteiger partial charge in [0.25, 0.3) is 0 Å². The SMILES string of the molecule is CCC(Nc1cnn(C)c1)C(C)C. The predicted octanol–water partition coefficient (Wildman–Crippen LogP) is 2.27. The summed E-state index contributed by atoms with van der Waals surface area (Å²) in [5.41, 5.74) is 1.11. The van der Waals surface area contributed by atoms with Crippen LogP contribution in [0, 0.1) is 5.92 Å². The van der Waals surface area contributed by atoms with Crippen LogP contribution in [0.3, 0.4) is 0 Å². The van der Waals surface area contributed by atoms with E-state index >= 15 is 0 Å². The third-order valence-electron chi connectivity index (χ3n) is 2.30. The molecule has 0 saturated carbocycles. The summed E-state index contributed by atoms with van der Waals surface area (Å²) < 4.78 is 1.81. The molecule has 1 aromatic heterocycles. The number of hydrogen-bond donors (Lipinski definition) is 1. The summed E-state index contributed by atoms with van der Waals surface area (Å²) >= 11 is 0. The van der Waals surface area contributed by atoms with Gasteiger partial charge in [0.1, 0.15) is 0 Å². The Hall–Kier alpha value is -0.990. The van der Waals surface area contributed by atoms with Crippen LogP contribution in [0.25, 0.3) is 0 Å². The van der Waals surface area contributed by atoms with E-state index in [2.05, 4.69) is 31.2 Å². The molecule has 0 saturated heterocycles. The molecule has 0 fully saturated rings. The van der Waals surface area contributed by atoms with E-state index in [-0.39, 0.29) is 0 Å². The molecule has 0 amide bonds. The fraction of sp³-hybridized carbons (Fsp3) is 0.700. The predicted molar refractivity (Wildman–Crippen MR) is 55.7 cm³/mol. The van der Waals surface area contributed by atoms with E-state index in [0.29, 0.717) is 12.0 Å². The van der Waals surface area contributed by atoms with E-state index in [9.17, 15) is 0 Å². The molecule has 1 N–H and O–H groups in total. The number of nitrogens with zero attached hydrogens (tertiary/aromatic N) is 2. The number of nitrogens with one attached hydrogen (secondary N) is 1. The lowest BCUT2D eigenvalue weighted by Gasteiger charge is -2.20. The van der Waals surface area contributed by atoms with Crippen LogP contribution < -0.4 is 5.32 Å². The van der Waals surface area contributed by atoms with Gasteiger partial charge in [-0.3, -0.25) is 4.68 Å². The van der Waals surface area contributed by atoms with E-state index in [0.717, 1.165) is 12.1 Å². The molecule has 1 aromatic rings. The van der Waals surface area contributed by atoms with Crippen molar-refractivity contribution in [3.05, 3.63) is 12.4 Å². The Morgan fingerprint density at radius 1 is 1.54 bits per heavy atom. The standard InChI is InChI=1S/C10H19N3/c1-5-10(8(2)3)12-9-6-11-13(4)7-9/h6-8,10,12H,5H2,1-4H3. The zero-order valence-corrected chi connectivity index (χ0v) is 8.91. The zero-order valence-electron chi connectivity index (χ0n) is 8.91. The van der Waals surface area contributed by atoms with Crippen molar-refractivity contribution in [2.24, 2.45) is 13.0 Å². The molecule has 1 rings (SSSR count). The van der Waals surface area contributed by atoms with Crippen LogP contribution in [-0.2, 0) is 7.05 Å². The molecular weight excluding hydrogens is 162 g/mol. The highest BCUT2D eigenvalue weighted by atomic mass is 15.3. The highest BCUT2D eigenvalue weighted by molar-refractivity contribution is 5.39. The molecule has 0 aliphatic carbocycles. The summed E-state index contributed by atoms with van der Waals surface area (Å²) in [5.74, 6) is 0.658. The van der Waals surface area contributed by atoms with Crippen molar-refractivity contribution in [2.45, 2.75) is 33.2 Å². The van der Waals surface area contributed by atoms with E-state index in [1.54, 1.807) is 0 Å². The van der Waals surface area contributed by atoms with Crippen molar-refractivity contribution in [1.82, 2.24) is 9.78 Å². The van der Waals surface area contributed by atoms with Crippen molar-refractivity contribution < 1.29 is 0 Å². The van der Waals surface area contributed by atoms with Gasteiger partial charge in [0.05, 0.1) is 11.9 Å². The first kappa shape index (κ1) is 10.1. The summed E-state index contributed by atoms with van der Waals surface area (Å²) in [6.45, 7) is 6.67. The average molecular weight is 181 g/mol. The fourth-order valence-electron chi connectivity index (χ4n) is 1.45. The van der Waals surface area contributed by atoms with Crippen LogP contribution >= 0.6 is 0 Å². The monoisotopic (exact) mass is 181 g/mol. The second kappa shape index (κ2) is 4.30. The van der Waals surface area contributed by atoms with Crippen LogP contribution in [0.5, 0.6) is 0 Å². The third-order valence-corrected chi connectivity index (χ3v) is 2.30. The van der Waals surface area contributed by atoms with Crippen LogP contribution in [0.4, 0.5) is 5.69 Å². The van der Waals surface area contributed by atoms with E-state index < -0.39 is 0 Å². The number of aromatic nitrogens is 2. The van der Waals surface area contributed by atoms with Crippen LogP contribution in [-0.4, -0.2) is 15.8 Å². The Kier molecular flexibility index (Phi) is 3.34. The molecule has 1 atom stereocenters. The largest absolute Gasteiger partial charge is 0.380 e. The van der Waals surface area contributed by atoms with Gasteiger partial charge in [0, 0.05) is 19.3 Å². The Labute approximate surface area is 80.1 Å². The maximum atomic E-state index is 4.12. The number of rotatable bonds is 4. The van der Waals surface area contributed by atoms with Gasteiger partial charge in [-0.1, -0.05) is 20.8 Å². The Morgan fingerprint density at radius 3 is 2.62 bits per heavy atom. The lowest BCUT2D eigenvalue weighted by atomic mass is 10.0. The maximum Gasteiger partial charge on any atom is 0.0728 e. The van der Waals surface area contributed by atoms with E-state index in [1.165, 1.54) is 0 Å². The molecule has 1 heterocycles. The van der Waals surface area contributed by atoms with E-state index in [1.807, 2.05) is 24.1 Å². The van der Waals surface area contributed by atoms with Crippen LogP contribution in [0.15, 0.2) is 12.4 Å². The first-order valence-corrected chi connectivity index (χ1v) is 4.88. The fourth-order valence-corrected chi connectivity index (χ4v) is 1.45. The third kappa shape index (κ3) is 2.76. The van der Waals surface area contributed by atoms with Gasteiger partial charge in [-0.05, 0) is 12.3 Å². The molecule has 3 heteroatoms. The van der Waals surface area contributed by atoms with Gasteiger partial charge in [-0.25, -0.2) is 0 Å². The van der Waals surface area contributed by atoms with Gasteiger partial charge >= 0.3 is 0 Å². The number of anilines is 1. The lowest BCUT2D eigenvalue weighted by Crippen LogP contribution is -2.24. The Bertz CT molecular complexity index is 252. The lowest BCUT2D eigenvalue weighted by molar-refractivity contribution is 0.511. The quantitative estimate of drug-likeness (QED) is 0.772. The molecule has 0 aliphatic heterocycles. The molecular formula is C10H19N3. The van der Waals surface area contributed by atoms with Crippen LogP contribution in [0.2, 0.25) is 0 Å². The first-order chi connectivity index (χ1) is 6.13. The van der Waals surface area contributed by atoms with Gasteiger partial charge < -0.3 is 5.32 Å². The molecule has 3 nitrogen and oxygen atoms in total. The van der Waals surface area contributed by atoms with Crippen molar-refractivity contribution in [3.63, 3.8) is 0 Å². The van der Waals surface area contributed by atoms with Gasteiger partial charge in [-0.15, -0.1) is 0 Å². The normalized spacial score (nSPS) is 13.3. The summed E-state index contributed by atoms with van der Waals surface area (Å²) in [5, 5.41) is 7.58. The van der Waals surface area contributed by atoms with Gasteiger partial charge in [-0.2, -0.15) is 5.10 Å². The molecule has 74 valence electrons. The second-order valence-electron chi connectivity index (χ2n) is 3.81. The molecule has 0 spiro atoms. The summed E-state index contributed by atoms with van der Waals surface area (Å²) in [6, 6.07) is 0.546. The zero-order chi connectivity index (χ0) is 9.84. The minimum atomic E-state index is 0.546. The molecule has 0 radical (unpaired) electrons. The van der Waals surface area contributed by atoms with Gasteiger partial charge in [0.15, 0.2) is 0 Å². The van der Waals surface area contributed by atoms with Crippen LogP contribution in [0.1, 0.15) is 27.2 Å². The molecule has 13 heavy (non-hydrogen) atoms.